The Balaban J connectivity index is 1.41. The van der Waals surface area contributed by atoms with E-state index in [1.54, 1.807) is 0 Å². The molecule has 2 nitrogen and oxygen atoms in total. The summed E-state index contributed by atoms with van der Waals surface area (Å²) in [6, 6.07) is 0. The van der Waals surface area contributed by atoms with Crippen molar-refractivity contribution < 1.29 is 9.53 Å². The van der Waals surface area contributed by atoms with Gasteiger partial charge < -0.3 is 4.74 Å². The van der Waals surface area contributed by atoms with Crippen molar-refractivity contribution in [3.8, 4) is 0 Å². The maximum Gasteiger partial charge on any atom is 0.133 e. The third-order valence-corrected chi connectivity index (χ3v) is 10.3. The van der Waals surface area contributed by atoms with Gasteiger partial charge in [0.15, 0.2) is 0 Å². The number of Topliss-reactive ketones (excluding diaryl/α,β-unsaturated/α-hetero) is 1. The summed E-state index contributed by atoms with van der Waals surface area (Å²) in [5.41, 5.74) is 1.11. The van der Waals surface area contributed by atoms with Gasteiger partial charge in [-0.15, -0.1) is 0 Å². The van der Waals surface area contributed by atoms with Gasteiger partial charge in [-0.05, 0) is 106 Å². The van der Waals surface area contributed by atoms with Crippen molar-refractivity contribution >= 4 is 5.78 Å². The highest BCUT2D eigenvalue weighted by atomic mass is 16.6. The van der Waals surface area contributed by atoms with Crippen molar-refractivity contribution in [1.82, 2.24) is 0 Å². The zero-order chi connectivity index (χ0) is 17.6. The van der Waals surface area contributed by atoms with Gasteiger partial charge in [0.1, 0.15) is 5.78 Å². The lowest BCUT2D eigenvalue weighted by atomic mass is 9.44. The lowest BCUT2D eigenvalue weighted by Gasteiger charge is -2.61. The van der Waals surface area contributed by atoms with E-state index in [1.165, 1.54) is 51.4 Å². The maximum absolute atomic E-state index is 12.3. The Morgan fingerprint density at radius 3 is 2.32 bits per heavy atom. The van der Waals surface area contributed by atoms with Crippen LogP contribution in [0.4, 0.5) is 0 Å². The molecule has 1 heterocycles. The van der Waals surface area contributed by atoms with Gasteiger partial charge in [-0.1, -0.05) is 13.8 Å². The SMILES string of the molecule is CC(=O)[C@H]1CC[C@H]2[C@@H]3CCC4C[C@@]5(CC[C@]4(C)[C@H]3CC[C@]12C)OC5C. The molecule has 140 valence electrons. The summed E-state index contributed by atoms with van der Waals surface area (Å²) in [5.74, 6) is 4.28. The minimum absolute atomic E-state index is 0.271. The second-order valence-electron chi connectivity index (χ2n) is 11.0. The Kier molecular flexibility index (Phi) is 3.43. The summed E-state index contributed by atoms with van der Waals surface area (Å²) in [7, 11) is 0. The molecule has 4 saturated carbocycles. The molecule has 0 aromatic heterocycles. The van der Waals surface area contributed by atoms with Gasteiger partial charge in [-0.3, -0.25) is 4.79 Å². The fraction of sp³-hybridized carbons (Fsp3) is 0.957. The third-order valence-electron chi connectivity index (χ3n) is 10.3. The number of carbonyl (C=O) groups excluding carboxylic acids is 1. The first-order valence-electron chi connectivity index (χ1n) is 11.0. The zero-order valence-electron chi connectivity index (χ0n) is 16.6. The average molecular weight is 345 g/mol. The topological polar surface area (TPSA) is 29.6 Å². The first kappa shape index (κ1) is 16.8. The second-order valence-corrected chi connectivity index (χ2v) is 11.0. The number of rotatable bonds is 1. The average Bonchev–Trinajstić information content (AvgIpc) is 3.01. The summed E-state index contributed by atoms with van der Waals surface area (Å²) in [5, 5.41) is 0. The molecule has 1 saturated heterocycles. The maximum atomic E-state index is 12.3. The molecule has 0 N–H and O–H groups in total. The molecule has 0 amide bonds. The molecule has 0 radical (unpaired) electrons. The van der Waals surface area contributed by atoms with Crippen LogP contribution in [0.3, 0.4) is 0 Å². The highest BCUT2D eigenvalue weighted by molar-refractivity contribution is 5.79. The first-order chi connectivity index (χ1) is 11.8. The Labute approximate surface area is 153 Å². The van der Waals surface area contributed by atoms with Gasteiger partial charge in [0, 0.05) is 5.92 Å². The predicted molar refractivity (Wildman–Crippen MR) is 99.2 cm³/mol. The van der Waals surface area contributed by atoms with Gasteiger partial charge in [0.05, 0.1) is 11.7 Å². The van der Waals surface area contributed by atoms with Gasteiger partial charge in [-0.25, -0.2) is 0 Å². The molecule has 5 aliphatic rings. The van der Waals surface area contributed by atoms with E-state index in [1.807, 2.05) is 6.92 Å². The largest absolute Gasteiger partial charge is 0.366 e. The molecule has 2 heteroatoms. The molecule has 9 atom stereocenters. The standard InChI is InChI=1S/C23H36O2/c1-14(24)18-7-8-19-17-6-5-16-13-23(15(2)25-23)12-11-21(16,3)20(17)9-10-22(18,19)4/h15-20H,5-13H2,1-4H3/t15?,16?,17-,18+,19-,20-,21-,22+,23+/m0/s1. The van der Waals surface area contributed by atoms with E-state index in [-0.39, 0.29) is 5.60 Å². The number of carbonyl (C=O) groups is 1. The van der Waals surface area contributed by atoms with Crippen LogP contribution in [0.1, 0.15) is 85.5 Å². The summed E-state index contributed by atoms with van der Waals surface area (Å²) >= 11 is 0. The van der Waals surface area contributed by atoms with Gasteiger partial charge in [0.25, 0.3) is 0 Å². The molecule has 4 aliphatic carbocycles. The lowest BCUT2D eigenvalue weighted by molar-refractivity contribution is -0.136. The van der Waals surface area contributed by atoms with Gasteiger partial charge in [-0.2, -0.15) is 0 Å². The molecule has 0 aromatic rings. The van der Waals surface area contributed by atoms with Crippen LogP contribution < -0.4 is 0 Å². The van der Waals surface area contributed by atoms with Crippen molar-refractivity contribution in [2.45, 2.75) is 97.2 Å². The molecule has 2 unspecified atom stereocenters. The molecule has 5 fully saturated rings. The van der Waals surface area contributed by atoms with Crippen LogP contribution in [0.25, 0.3) is 0 Å². The van der Waals surface area contributed by atoms with Crippen LogP contribution in [-0.4, -0.2) is 17.5 Å². The summed E-state index contributed by atoms with van der Waals surface area (Å²) in [6.45, 7) is 9.23. The summed E-state index contributed by atoms with van der Waals surface area (Å²) < 4.78 is 6.06. The van der Waals surface area contributed by atoms with Gasteiger partial charge in [0.2, 0.25) is 0 Å². The number of hydrogen-bond donors (Lipinski definition) is 0. The number of fused-ring (bicyclic) bond motifs is 5. The van der Waals surface area contributed by atoms with E-state index in [0.717, 1.165) is 30.1 Å². The van der Waals surface area contributed by atoms with E-state index < -0.39 is 0 Å². The minimum Gasteiger partial charge on any atom is -0.366 e. The lowest BCUT2D eigenvalue weighted by Crippen LogP contribution is -2.54. The molecular formula is C23H36O2. The highest BCUT2D eigenvalue weighted by Gasteiger charge is 2.65. The quantitative estimate of drug-likeness (QED) is 0.597. The molecule has 5 rings (SSSR count). The molecule has 1 spiro atoms. The normalized spacial score (nSPS) is 59.8. The Bertz CT molecular complexity index is 599. The number of ether oxygens (including phenoxy) is 1. The van der Waals surface area contributed by atoms with Crippen LogP contribution in [0.5, 0.6) is 0 Å². The fourth-order valence-corrected chi connectivity index (χ4v) is 8.72. The fourth-order valence-electron chi connectivity index (χ4n) is 8.72. The van der Waals surface area contributed by atoms with E-state index in [0.29, 0.717) is 28.6 Å². The smallest absolute Gasteiger partial charge is 0.133 e. The molecule has 0 bridgehead atoms. The van der Waals surface area contributed by atoms with E-state index in [4.69, 9.17) is 4.74 Å². The monoisotopic (exact) mass is 344 g/mol. The van der Waals surface area contributed by atoms with Crippen molar-refractivity contribution in [3.63, 3.8) is 0 Å². The zero-order valence-corrected chi connectivity index (χ0v) is 16.6. The Morgan fingerprint density at radius 1 is 0.920 bits per heavy atom. The van der Waals surface area contributed by atoms with Crippen molar-refractivity contribution in [2.75, 3.05) is 0 Å². The van der Waals surface area contributed by atoms with Crippen LogP contribution in [0, 0.1) is 40.4 Å². The van der Waals surface area contributed by atoms with E-state index >= 15 is 0 Å². The molecule has 1 aliphatic heterocycles. The number of ketones is 1. The second kappa shape index (κ2) is 5.12. The minimum atomic E-state index is 0.271. The third kappa shape index (κ3) is 2.10. The van der Waals surface area contributed by atoms with Crippen molar-refractivity contribution in [2.24, 2.45) is 40.4 Å². The first-order valence-corrected chi connectivity index (χ1v) is 11.0. The van der Waals surface area contributed by atoms with E-state index in [2.05, 4.69) is 20.8 Å². The Hall–Kier alpha value is -0.370. The van der Waals surface area contributed by atoms with Gasteiger partial charge >= 0.3 is 0 Å². The Morgan fingerprint density at radius 2 is 1.64 bits per heavy atom. The van der Waals surface area contributed by atoms with Crippen LogP contribution in [-0.2, 0) is 9.53 Å². The number of epoxide rings is 1. The van der Waals surface area contributed by atoms with Crippen LogP contribution in [0.2, 0.25) is 0 Å². The predicted octanol–water partition coefficient (Wildman–Crippen LogP) is 5.39. The van der Waals surface area contributed by atoms with Crippen LogP contribution in [0.15, 0.2) is 0 Å². The molecule has 25 heavy (non-hydrogen) atoms. The van der Waals surface area contributed by atoms with Crippen molar-refractivity contribution in [1.29, 1.82) is 0 Å². The van der Waals surface area contributed by atoms with Crippen LogP contribution >= 0.6 is 0 Å². The van der Waals surface area contributed by atoms with E-state index in [9.17, 15) is 4.79 Å². The highest BCUT2D eigenvalue weighted by Crippen LogP contribution is 2.69. The van der Waals surface area contributed by atoms with Crippen molar-refractivity contribution in [3.05, 3.63) is 0 Å². The summed E-state index contributed by atoms with van der Waals surface area (Å²) in [6.07, 6.45) is 12.5. The molecule has 0 aromatic carbocycles. The number of hydrogen-bond acceptors (Lipinski definition) is 2. The summed E-state index contributed by atoms with van der Waals surface area (Å²) in [4.78, 5) is 12.3. The molecular weight excluding hydrogens is 308 g/mol.